The van der Waals surface area contributed by atoms with E-state index in [1.807, 2.05) is 36.4 Å². The molecule has 0 saturated carbocycles. The zero-order chi connectivity index (χ0) is 24.9. The Hall–Kier alpha value is -3.26. The molecule has 0 aliphatic carbocycles. The Kier molecular flexibility index (Phi) is 17.5. The average molecular weight is 459 g/mol. The molecule has 0 amide bonds. The van der Waals surface area contributed by atoms with Crippen LogP contribution in [0.3, 0.4) is 0 Å². The molecule has 2 aromatic rings. The van der Waals surface area contributed by atoms with Gasteiger partial charge in [0, 0.05) is 11.1 Å². The fourth-order valence-corrected chi connectivity index (χ4v) is 1.95. The Morgan fingerprint density at radius 1 is 0.697 bits per heavy atom. The Labute approximate surface area is 195 Å². The minimum absolute atomic E-state index is 0.0325. The number of esters is 2. The number of ether oxygens (including phenoxy) is 3. The normalized spacial score (nSPS) is 9.33. The molecule has 2 N–H and O–H groups in total. The highest BCUT2D eigenvalue weighted by Gasteiger charge is 2.05. The molecule has 2 aromatic carbocycles. The van der Waals surface area contributed by atoms with E-state index < -0.39 is 11.9 Å². The second kappa shape index (κ2) is 19.4. The van der Waals surface area contributed by atoms with Crippen LogP contribution in [0.25, 0.3) is 0 Å². The largest absolute Gasteiger partial charge is 0.459 e. The number of aliphatic hydroxyl groups is 2. The van der Waals surface area contributed by atoms with E-state index in [0.717, 1.165) is 0 Å². The average Bonchev–Trinajstić information content (AvgIpc) is 2.83. The molecule has 0 heterocycles. The van der Waals surface area contributed by atoms with Crippen molar-refractivity contribution >= 4 is 11.9 Å². The van der Waals surface area contributed by atoms with Crippen molar-refractivity contribution in [1.82, 2.24) is 0 Å². The lowest BCUT2D eigenvalue weighted by atomic mass is 10.2. The number of carbonyl (C=O) groups is 2. The highest BCUT2D eigenvalue weighted by atomic mass is 16.6. The first kappa shape index (κ1) is 29.7. The van der Waals surface area contributed by atoms with Crippen molar-refractivity contribution < 1.29 is 34.0 Å². The first-order valence-electron chi connectivity index (χ1n) is 10.3. The van der Waals surface area contributed by atoms with Gasteiger partial charge in [0.25, 0.3) is 0 Å². The van der Waals surface area contributed by atoms with E-state index in [1.54, 1.807) is 13.8 Å². The predicted octanol–water partition coefficient (Wildman–Crippen LogP) is 3.60. The fourth-order valence-electron chi connectivity index (χ4n) is 1.95. The van der Waals surface area contributed by atoms with Crippen LogP contribution in [0, 0.1) is 0 Å². The third-order valence-electron chi connectivity index (χ3n) is 3.57. The van der Waals surface area contributed by atoms with Crippen LogP contribution in [0.2, 0.25) is 0 Å². The van der Waals surface area contributed by atoms with Crippen LogP contribution in [-0.4, -0.2) is 48.6 Å². The number of hydrogen-bond acceptors (Lipinski definition) is 7. The number of carbonyl (C=O) groups excluding carboxylic acids is 2. The maximum atomic E-state index is 10.8. The van der Waals surface area contributed by atoms with E-state index in [-0.39, 0.29) is 26.4 Å². The van der Waals surface area contributed by atoms with Gasteiger partial charge in [-0.2, -0.15) is 0 Å². The minimum Gasteiger partial charge on any atom is -0.459 e. The molecular formula is C26H34O7. The maximum Gasteiger partial charge on any atom is 0.333 e. The summed E-state index contributed by atoms with van der Waals surface area (Å²) in [7, 11) is 0. The van der Waals surface area contributed by atoms with Crippen molar-refractivity contribution in [3.8, 4) is 0 Å². The number of benzene rings is 2. The SMILES string of the molecule is C=C(C)C(=O)OCCOC(=O)C(=C)C.OCCO.c1ccc(COCc2ccccc2)cc1. The summed E-state index contributed by atoms with van der Waals surface area (Å²) in [5, 5.41) is 15.2. The molecule has 0 fully saturated rings. The summed E-state index contributed by atoms with van der Waals surface area (Å²) in [6.45, 7) is 11.1. The van der Waals surface area contributed by atoms with Crippen LogP contribution in [0.15, 0.2) is 85.0 Å². The van der Waals surface area contributed by atoms with Crippen molar-refractivity contribution in [3.05, 3.63) is 96.1 Å². The number of rotatable bonds is 10. The topological polar surface area (TPSA) is 102 Å². The van der Waals surface area contributed by atoms with E-state index in [1.165, 1.54) is 11.1 Å². The second-order valence-corrected chi connectivity index (χ2v) is 6.74. The van der Waals surface area contributed by atoms with Crippen LogP contribution < -0.4 is 0 Å². The van der Waals surface area contributed by atoms with Gasteiger partial charge in [-0.05, 0) is 25.0 Å². The summed E-state index contributed by atoms with van der Waals surface area (Å²) in [5.41, 5.74) is 3.06. The lowest BCUT2D eigenvalue weighted by Crippen LogP contribution is -2.14. The predicted molar refractivity (Wildman–Crippen MR) is 127 cm³/mol. The summed E-state index contributed by atoms with van der Waals surface area (Å²) < 4.78 is 15.0. The minimum atomic E-state index is -0.489. The Balaban J connectivity index is 0.000000536. The van der Waals surface area contributed by atoms with Crippen LogP contribution in [0.4, 0.5) is 0 Å². The molecule has 7 heteroatoms. The second-order valence-electron chi connectivity index (χ2n) is 6.74. The zero-order valence-electron chi connectivity index (χ0n) is 19.4. The zero-order valence-corrected chi connectivity index (χ0v) is 19.4. The fraction of sp³-hybridized carbons (Fsp3) is 0.308. The molecule has 0 aliphatic rings. The van der Waals surface area contributed by atoms with Gasteiger partial charge in [0.05, 0.1) is 26.4 Å². The Bertz CT molecular complexity index is 748. The lowest BCUT2D eigenvalue weighted by Gasteiger charge is -2.05. The maximum absolute atomic E-state index is 10.8. The molecule has 0 bridgehead atoms. The molecular weight excluding hydrogens is 424 g/mol. The van der Waals surface area contributed by atoms with E-state index in [4.69, 9.17) is 14.9 Å². The van der Waals surface area contributed by atoms with Gasteiger partial charge in [-0.25, -0.2) is 9.59 Å². The van der Waals surface area contributed by atoms with Gasteiger partial charge < -0.3 is 24.4 Å². The van der Waals surface area contributed by atoms with Crippen LogP contribution in [0.5, 0.6) is 0 Å². The summed E-state index contributed by atoms with van der Waals surface area (Å²) in [5.74, 6) is -0.979. The molecule has 0 radical (unpaired) electrons. The number of aliphatic hydroxyl groups excluding tert-OH is 2. The van der Waals surface area contributed by atoms with Crippen molar-refractivity contribution in [2.75, 3.05) is 26.4 Å². The van der Waals surface area contributed by atoms with E-state index in [2.05, 4.69) is 46.9 Å². The van der Waals surface area contributed by atoms with Gasteiger partial charge in [0.15, 0.2) is 0 Å². The first-order chi connectivity index (χ1) is 15.8. The highest BCUT2D eigenvalue weighted by Crippen LogP contribution is 2.05. The monoisotopic (exact) mass is 458 g/mol. The van der Waals surface area contributed by atoms with Gasteiger partial charge in [0.1, 0.15) is 13.2 Å². The summed E-state index contributed by atoms with van der Waals surface area (Å²) in [4.78, 5) is 21.7. The van der Waals surface area contributed by atoms with Crippen LogP contribution in [-0.2, 0) is 37.0 Å². The smallest absolute Gasteiger partial charge is 0.333 e. The standard InChI is InChI=1S/C14H14O.C10H14O4.C2H6O2/c1-3-7-13(8-4-1)11-15-12-14-9-5-2-6-10-14;1-7(2)9(11)13-5-6-14-10(12)8(3)4;3-1-2-4/h1-10H,11-12H2;1,3,5-6H2,2,4H3;3-4H,1-2H2. The molecule has 7 nitrogen and oxygen atoms in total. The van der Waals surface area contributed by atoms with Crippen LogP contribution >= 0.6 is 0 Å². The Morgan fingerprint density at radius 2 is 1.03 bits per heavy atom. The molecule has 0 atom stereocenters. The molecule has 33 heavy (non-hydrogen) atoms. The van der Waals surface area contributed by atoms with E-state index in [0.29, 0.717) is 24.4 Å². The van der Waals surface area contributed by atoms with Gasteiger partial charge in [-0.3, -0.25) is 0 Å². The van der Waals surface area contributed by atoms with Gasteiger partial charge in [-0.15, -0.1) is 0 Å². The molecule has 0 spiro atoms. The van der Waals surface area contributed by atoms with Crippen molar-refractivity contribution in [3.63, 3.8) is 0 Å². The third-order valence-corrected chi connectivity index (χ3v) is 3.57. The van der Waals surface area contributed by atoms with Crippen molar-refractivity contribution in [2.24, 2.45) is 0 Å². The Morgan fingerprint density at radius 3 is 1.30 bits per heavy atom. The summed E-state index contributed by atoms with van der Waals surface area (Å²) >= 11 is 0. The van der Waals surface area contributed by atoms with E-state index in [9.17, 15) is 9.59 Å². The summed E-state index contributed by atoms with van der Waals surface area (Å²) in [6, 6.07) is 20.4. The molecule has 0 unspecified atom stereocenters. The van der Waals surface area contributed by atoms with E-state index >= 15 is 0 Å². The lowest BCUT2D eigenvalue weighted by molar-refractivity contribution is -0.147. The number of hydrogen-bond donors (Lipinski definition) is 2. The van der Waals surface area contributed by atoms with Crippen LogP contribution in [0.1, 0.15) is 25.0 Å². The molecule has 0 aliphatic heterocycles. The first-order valence-corrected chi connectivity index (χ1v) is 10.3. The summed E-state index contributed by atoms with van der Waals surface area (Å²) in [6.07, 6.45) is 0. The third kappa shape index (κ3) is 17.0. The van der Waals surface area contributed by atoms with Crippen molar-refractivity contribution in [1.29, 1.82) is 0 Å². The molecule has 2 rings (SSSR count). The quantitative estimate of drug-likeness (QED) is 0.319. The highest BCUT2D eigenvalue weighted by molar-refractivity contribution is 5.87. The van der Waals surface area contributed by atoms with Gasteiger partial charge in [0.2, 0.25) is 0 Å². The molecule has 0 aromatic heterocycles. The molecule has 180 valence electrons. The van der Waals surface area contributed by atoms with Gasteiger partial charge >= 0.3 is 11.9 Å². The van der Waals surface area contributed by atoms with Crippen molar-refractivity contribution in [2.45, 2.75) is 27.1 Å². The molecule has 0 saturated heterocycles. The van der Waals surface area contributed by atoms with Gasteiger partial charge in [-0.1, -0.05) is 73.8 Å².